The summed E-state index contributed by atoms with van der Waals surface area (Å²) in [6, 6.07) is 6.00. The van der Waals surface area contributed by atoms with Crippen LogP contribution >= 0.6 is 0 Å². The molecule has 0 radical (unpaired) electrons. The Labute approximate surface area is 96.5 Å². The van der Waals surface area contributed by atoms with Gasteiger partial charge in [-0.3, -0.25) is 0 Å². The van der Waals surface area contributed by atoms with Gasteiger partial charge in [0.1, 0.15) is 11.5 Å². The molecule has 0 saturated heterocycles. The highest BCUT2D eigenvalue weighted by Crippen LogP contribution is 2.33. The highest BCUT2D eigenvalue weighted by molar-refractivity contribution is 5.43. The topological polar surface area (TPSA) is 44.5 Å². The Kier molecular flexibility index (Phi) is 3.67. The van der Waals surface area contributed by atoms with Crippen molar-refractivity contribution in [3.8, 4) is 11.5 Å². The van der Waals surface area contributed by atoms with Gasteiger partial charge in [0, 0.05) is 18.0 Å². The minimum atomic E-state index is 0.0819. The van der Waals surface area contributed by atoms with Crippen molar-refractivity contribution < 1.29 is 9.47 Å². The minimum Gasteiger partial charge on any atom is -0.494 e. The summed E-state index contributed by atoms with van der Waals surface area (Å²) >= 11 is 0. The van der Waals surface area contributed by atoms with Crippen LogP contribution in [0.2, 0.25) is 0 Å². The molecule has 0 bridgehead atoms. The molecule has 0 aliphatic carbocycles. The Morgan fingerprint density at radius 2 is 2.38 bits per heavy atom. The molecular weight excluding hydrogens is 202 g/mol. The van der Waals surface area contributed by atoms with Crippen LogP contribution in [-0.2, 0) is 0 Å². The quantitative estimate of drug-likeness (QED) is 0.795. The van der Waals surface area contributed by atoms with Crippen LogP contribution in [-0.4, -0.2) is 13.2 Å². The molecule has 1 aliphatic heterocycles. The highest BCUT2D eigenvalue weighted by Gasteiger charge is 2.18. The molecule has 1 atom stereocenters. The van der Waals surface area contributed by atoms with E-state index in [4.69, 9.17) is 15.2 Å². The second kappa shape index (κ2) is 5.21. The lowest BCUT2D eigenvalue weighted by Gasteiger charge is -2.23. The van der Waals surface area contributed by atoms with Crippen LogP contribution in [0, 0.1) is 0 Å². The Morgan fingerprint density at radius 1 is 1.50 bits per heavy atom. The summed E-state index contributed by atoms with van der Waals surface area (Å²) in [5.74, 6) is 1.80. The summed E-state index contributed by atoms with van der Waals surface area (Å²) in [7, 11) is 0. The van der Waals surface area contributed by atoms with Crippen molar-refractivity contribution in [1.82, 2.24) is 0 Å². The standard InChI is InChI=1S/C13H19NO2/c1-2-3-7-15-10-4-5-13-11(9-10)12(14)6-8-16-13/h4-5,9,12H,2-3,6-8,14H2,1H3/t12-/m0/s1. The van der Waals surface area contributed by atoms with Gasteiger partial charge in [-0.05, 0) is 24.6 Å². The lowest BCUT2D eigenvalue weighted by Crippen LogP contribution is -2.20. The van der Waals surface area contributed by atoms with Crippen molar-refractivity contribution >= 4 is 0 Å². The van der Waals surface area contributed by atoms with Gasteiger partial charge in [-0.1, -0.05) is 13.3 Å². The predicted molar refractivity (Wildman–Crippen MR) is 63.9 cm³/mol. The molecule has 3 heteroatoms. The summed E-state index contributed by atoms with van der Waals surface area (Å²) in [5, 5.41) is 0. The Balaban J connectivity index is 2.08. The minimum absolute atomic E-state index is 0.0819. The smallest absolute Gasteiger partial charge is 0.124 e. The molecule has 0 amide bonds. The van der Waals surface area contributed by atoms with Gasteiger partial charge in [0.15, 0.2) is 0 Å². The monoisotopic (exact) mass is 221 g/mol. The first-order valence-corrected chi connectivity index (χ1v) is 5.96. The Morgan fingerprint density at radius 3 is 3.19 bits per heavy atom. The van der Waals surface area contributed by atoms with E-state index in [2.05, 4.69) is 6.92 Å². The molecule has 2 rings (SSSR count). The number of hydrogen-bond acceptors (Lipinski definition) is 3. The van der Waals surface area contributed by atoms with Crippen LogP contribution in [0.15, 0.2) is 18.2 Å². The zero-order valence-electron chi connectivity index (χ0n) is 9.74. The molecule has 1 aliphatic rings. The second-order valence-electron chi connectivity index (χ2n) is 4.15. The maximum Gasteiger partial charge on any atom is 0.124 e. The third-order valence-electron chi connectivity index (χ3n) is 2.83. The van der Waals surface area contributed by atoms with Crippen LogP contribution < -0.4 is 15.2 Å². The molecular formula is C13H19NO2. The molecule has 0 aromatic heterocycles. The first kappa shape index (κ1) is 11.3. The molecule has 0 unspecified atom stereocenters. The Bertz CT molecular complexity index is 352. The van der Waals surface area contributed by atoms with Gasteiger partial charge in [-0.15, -0.1) is 0 Å². The van der Waals surface area contributed by atoms with Gasteiger partial charge in [0.25, 0.3) is 0 Å². The molecule has 1 heterocycles. The number of fused-ring (bicyclic) bond motifs is 1. The van der Waals surface area contributed by atoms with Crippen LogP contribution in [0.3, 0.4) is 0 Å². The third kappa shape index (κ3) is 2.47. The Hall–Kier alpha value is -1.22. The molecule has 88 valence electrons. The average Bonchev–Trinajstić information content (AvgIpc) is 2.30. The second-order valence-corrected chi connectivity index (χ2v) is 4.15. The fourth-order valence-corrected chi connectivity index (χ4v) is 1.82. The maximum absolute atomic E-state index is 6.03. The molecule has 1 aromatic rings. The van der Waals surface area contributed by atoms with Gasteiger partial charge in [0.2, 0.25) is 0 Å². The number of benzene rings is 1. The summed E-state index contributed by atoms with van der Waals surface area (Å²) in [4.78, 5) is 0. The molecule has 0 fully saturated rings. The molecule has 3 nitrogen and oxygen atoms in total. The summed E-state index contributed by atoms with van der Waals surface area (Å²) < 4.78 is 11.2. The number of nitrogens with two attached hydrogens (primary N) is 1. The van der Waals surface area contributed by atoms with E-state index in [0.29, 0.717) is 6.61 Å². The van der Waals surface area contributed by atoms with Crippen LogP contribution in [0.5, 0.6) is 11.5 Å². The maximum atomic E-state index is 6.03. The number of unbranched alkanes of at least 4 members (excludes halogenated alkanes) is 1. The zero-order valence-corrected chi connectivity index (χ0v) is 9.74. The fraction of sp³-hybridized carbons (Fsp3) is 0.538. The van der Waals surface area contributed by atoms with Gasteiger partial charge >= 0.3 is 0 Å². The third-order valence-corrected chi connectivity index (χ3v) is 2.83. The van der Waals surface area contributed by atoms with E-state index >= 15 is 0 Å². The van der Waals surface area contributed by atoms with Crippen LogP contribution in [0.4, 0.5) is 0 Å². The van der Waals surface area contributed by atoms with Crippen molar-refractivity contribution in [2.24, 2.45) is 5.73 Å². The largest absolute Gasteiger partial charge is 0.494 e. The van der Waals surface area contributed by atoms with Crippen molar-refractivity contribution in [2.45, 2.75) is 32.2 Å². The van der Waals surface area contributed by atoms with Crippen LogP contribution in [0.25, 0.3) is 0 Å². The molecule has 0 saturated carbocycles. The number of rotatable bonds is 4. The van der Waals surface area contributed by atoms with Crippen molar-refractivity contribution in [2.75, 3.05) is 13.2 Å². The molecule has 0 spiro atoms. The lowest BCUT2D eigenvalue weighted by atomic mass is 10.0. The number of hydrogen-bond donors (Lipinski definition) is 1. The van der Waals surface area contributed by atoms with E-state index in [1.807, 2.05) is 18.2 Å². The van der Waals surface area contributed by atoms with Gasteiger partial charge in [-0.2, -0.15) is 0 Å². The van der Waals surface area contributed by atoms with Gasteiger partial charge in [0.05, 0.1) is 13.2 Å². The fourth-order valence-electron chi connectivity index (χ4n) is 1.82. The predicted octanol–water partition coefficient (Wildman–Crippen LogP) is 2.65. The summed E-state index contributed by atoms with van der Waals surface area (Å²) in [6.07, 6.45) is 3.11. The van der Waals surface area contributed by atoms with Crippen molar-refractivity contribution in [3.63, 3.8) is 0 Å². The van der Waals surface area contributed by atoms with Crippen molar-refractivity contribution in [3.05, 3.63) is 23.8 Å². The average molecular weight is 221 g/mol. The normalized spacial score (nSPS) is 18.8. The number of ether oxygens (including phenoxy) is 2. The molecule has 1 aromatic carbocycles. The van der Waals surface area contributed by atoms with Crippen molar-refractivity contribution in [1.29, 1.82) is 0 Å². The van der Waals surface area contributed by atoms with Gasteiger partial charge < -0.3 is 15.2 Å². The SMILES string of the molecule is CCCCOc1ccc2c(c1)[C@@H](N)CCO2. The first-order valence-electron chi connectivity index (χ1n) is 5.96. The highest BCUT2D eigenvalue weighted by atomic mass is 16.5. The van der Waals surface area contributed by atoms with E-state index in [-0.39, 0.29) is 6.04 Å². The van der Waals surface area contributed by atoms with E-state index in [9.17, 15) is 0 Å². The van der Waals surface area contributed by atoms with Crippen LogP contribution in [0.1, 0.15) is 37.8 Å². The summed E-state index contributed by atoms with van der Waals surface area (Å²) in [5.41, 5.74) is 7.10. The van der Waals surface area contributed by atoms with Gasteiger partial charge in [-0.25, -0.2) is 0 Å². The summed E-state index contributed by atoms with van der Waals surface area (Å²) in [6.45, 7) is 3.63. The first-order chi connectivity index (χ1) is 7.81. The van der Waals surface area contributed by atoms with E-state index in [1.54, 1.807) is 0 Å². The molecule has 16 heavy (non-hydrogen) atoms. The lowest BCUT2D eigenvalue weighted by molar-refractivity contribution is 0.265. The zero-order chi connectivity index (χ0) is 11.4. The van der Waals surface area contributed by atoms with E-state index < -0.39 is 0 Å². The van der Waals surface area contributed by atoms with E-state index in [0.717, 1.165) is 42.9 Å². The molecule has 2 N–H and O–H groups in total. The van der Waals surface area contributed by atoms with E-state index in [1.165, 1.54) is 0 Å².